The fourth-order valence-corrected chi connectivity index (χ4v) is 1.90. The van der Waals surface area contributed by atoms with Gasteiger partial charge in [-0.1, -0.05) is 5.16 Å². The third kappa shape index (κ3) is 4.23. The van der Waals surface area contributed by atoms with Crippen molar-refractivity contribution in [1.29, 1.82) is 0 Å². The van der Waals surface area contributed by atoms with Crippen LogP contribution in [0, 0.1) is 12.3 Å². The molecule has 0 radical (unpaired) electrons. The van der Waals surface area contributed by atoms with Crippen molar-refractivity contribution in [2.45, 2.75) is 20.8 Å². The van der Waals surface area contributed by atoms with Gasteiger partial charge >= 0.3 is 5.97 Å². The molecule has 0 bridgehead atoms. The van der Waals surface area contributed by atoms with E-state index < -0.39 is 23.2 Å². The third-order valence-electron chi connectivity index (χ3n) is 3.57. The lowest BCUT2D eigenvalue weighted by Crippen LogP contribution is -2.41. The minimum absolute atomic E-state index is 0.241. The zero-order chi connectivity index (χ0) is 18.6. The molecule has 1 aromatic heterocycles. The number of esters is 1. The molecule has 0 saturated heterocycles. The van der Waals surface area contributed by atoms with Gasteiger partial charge in [-0.2, -0.15) is 0 Å². The molecule has 25 heavy (non-hydrogen) atoms. The van der Waals surface area contributed by atoms with Gasteiger partial charge in [-0.3, -0.25) is 9.59 Å². The van der Waals surface area contributed by atoms with Gasteiger partial charge in [0.15, 0.2) is 5.82 Å². The standard InChI is InChI=1S/C17H19N3O5/c1-10-9-13(20-25-10)19-16(23)17(2,3)15(22)18-12-7-5-11(6-8-12)14(21)24-4/h5-9H,1-4H3,(H,18,22)(H,19,20,23). The largest absolute Gasteiger partial charge is 0.465 e. The Bertz CT molecular complexity index is 793. The van der Waals surface area contributed by atoms with E-state index in [4.69, 9.17) is 4.52 Å². The van der Waals surface area contributed by atoms with Crippen LogP contribution < -0.4 is 10.6 Å². The lowest BCUT2D eigenvalue weighted by molar-refractivity contribution is -0.135. The molecular weight excluding hydrogens is 326 g/mol. The van der Waals surface area contributed by atoms with E-state index in [2.05, 4.69) is 20.5 Å². The summed E-state index contributed by atoms with van der Waals surface area (Å²) < 4.78 is 9.48. The minimum Gasteiger partial charge on any atom is -0.465 e. The Morgan fingerprint density at radius 3 is 2.20 bits per heavy atom. The van der Waals surface area contributed by atoms with Crippen LogP contribution in [0.15, 0.2) is 34.9 Å². The van der Waals surface area contributed by atoms with E-state index in [0.717, 1.165) is 0 Å². The van der Waals surface area contributed by atoms with Crippen LogP contribution in [-0.4, -0.2) is 30.1 Å². The number of methoxy groups -OCH3 is 1. The number of aromatic nitrogens is 1. The molecular formula is C17H19N3O5. The number of hydrogen-bond donors (Lipinski definition) is 2. The summed E-state index contributed by atoms with van der Waals surface area (Å²) in [7, 11) is 1.29. The van der Waals surface area contributed by atoms with Crippen molar-refractivity contribution in [3.05, 3.63) is 41.7 Å². The Kier molecular flexibility index (Phi) is 5.21. The quantitative estimate of drug-likeness (QED) is 0.636. The highest BCUT2D eigenvalue weighted by molar-refractivity contribution is 6.13. The monoisotopic (exact) mass is 345 g/mol. The molecule has 1 aromatic carbocycles. The van der Waals surface area contributed by atoms with Gasteiger partial charge in [-0.05, 0) is 45.0 Å². The fraction of sp³-hybridized carbons (Fsp3) is 0.294. The molecule has 2 amide bonds. The lowest BCUT2D eigenvalue weighted by Gasteiger charge is -2.22. The highest BCUT2D eigenvalue weighted by Gasteiger charge is 2.36. The van der Waals surface area contributed by atoms with Crippen molar-refractivity contribution in [1.82, 2.24) is 5.16 Å². The van der Waals surface area contributed by atoms with Crippen molar-refractivity contribution in [3.63, 3.8) is 0 Å². The number of benzene rings is 1. The first kappa shape index (κ1) is 18.2. The lowest BCUT2D eigenvalue weighted by atomic mass is 9.91. The van der Waals surface area contributed by atoms with Crippen LogP contribution in [0.5, 0.6) is 0 Å². The number of nitrogens with one attached hydrogen (secondary N) is 2. The Morgan fingerprint density at radius 1 is 1.08 bits per heavy atom. The Labute approximate surface area is 144 Å². The number of rotatable bonds is 5. The topological polar surface area (TPSA) is 111 Å². The molecule has 0 aliphatic carbocycles. The zero-order valence-corrected chi connectivity index (χ0v) is 14.4. The molecule has 0 fully saturated rings. The van der Waals surface area contributed by atoms with E-state index in [-0.39, 0.29) is 5.82 Å². The summed E-state index contributed by atoms with van der Waals surface area (Å²) in [6, 6.07) is 7.70. The SMILES string of the molecule is COC(=O)c1ccc(NC(=O)C(C)(C)C(=O)Nc2cc(C)on2)cc1. The van der Waals surface area contributed by atoms with Gasteiger partial charge in [0.25, 0.3) is 0 Å². The summed E-state index contributed by atoms with van der Waals surface area (Å²) in [4.78, 5) is 36.2. The molecule has 2 rings (SSSR count). The maximum absolute atomic E-state index is 12.4. The molecule has 8 nitrogen and oxygen atoms in total. The maximum Gasteiger partial charge on any atom is 0.337 e. The van der Waals surface area contributed by atoms with Crippen molar-refractivity contribution in [2.75, 3.05) is 17.7 Å². The third-order valence-corrected chi connectivity index (χ3v) is 3.57. The summed E-state index contributed by atoms with van der Waals surface area (Å²) in [5.41, 5.74) is -0.539. The van der Waals surface area contributed by atoms with Gasteiger partial charge < -0.3 is 19.9 Å². The number of anilines is 2. The summed E-state index contributed by atoms with van der Waals surface area (Å²) in [6.45, 7) is 4.68. The number of carbonyl (C=O) groups is 3. The molecule has 8 heteroatoms. The first-order chi connectivity index (χ1) is 11.7. The minimum atomic E-state index is -1.35. The van der Waals surface area contributed by atoms with E-state index in [1.165, 1.54) is 33.1 Å². The first-order valence-electron chi connectivity index (χ1n) is 7.48. The molecule has 0 aliphatic rings. The molecule has 1 heterocycles. The van der Waals surface area contributed by atoms with Gasteiger partial charge in [0.05, 0.1) is 12.7 Å². The molecule has 0 unspecified atom stereocenters. The van der Waals surface area contributed by atoms with Gasteiger partial charge in [0.1, 0.15) is 11.2 Å². The zero-order valence-electron chi connectivity index (χ0n) is 14.4. The second-order valence-corrected chi connectivity index (χ2v) is 5.92. The highest BCUT2D eigenvalue weighted by atomic mass is 16.5. The van der Waals surface area contributed by atoms with Crippen LogP contribution in [0.2, 0.25) is 0 Å². The Morgan fingerprint density at radius 2 is 1.68 bits per heavy atom. The predicted molar refractivity (Wildman–Crippen MR) is 90.1 cm³/mol. The molecule has 2 aromatic rings. The van der Waals surface area contributed by atoms with Gasteiger partial charge in [-0.25, -0.2) is 4.79 Å². The molecule has 0 aliphatic heterocycles. The van der Waals surface area contributed by atoms with Gasteiger partial charge in [0.2, 0.25) is 11.8 Å². The smallest absolute Gasteiger partial charge is 0.337 e. The van der Waals surface area contributed by atoms with Crippen LogP contribution in [0.3, 0.4) is 0 Å². The van der Waals surface area contributed by atoms with Crippen LogP contribution in [0.4, 0.5) is 11.5 Å². The summed E-state index contributed by atoms with van der Waals surface area (Å²) in [5, 5.41) is 8.84. The second-order valence-electron chi connectivity index (χ2n) is 5.92. The number of nitrogens with zero attached hydrogens (tertiary/aromatic N) is 1. The number of amides is 2. The van der Waals surface area contributed by atoms with Crippen molar-refractivity contribution < 1.29 is 23.6 Å². The highest BCUT2D eigenvalue weighted by Crippen LogP contribution is 2.22. The summed E-state index contributed by atoms with van der Waals surface area (Å²) >= 11 is 0. The number of aryl methyl sites for hydroxylation is 1. The van der Waals surface area contributed by atoms with Crippen molar-refractivity contribution in [2.24, 2.45) is 5.41 Å². The van der Waals surface area contributed by atoms with E-state index >= 15 is 0 Å². The van der Waals surface area contributed by atoms with Crippen LogP contribution >= 0.6 is 0 Å². The van der Waals surface area contributed by atoms with Gasteiger partial charge in [0, 0.05) is 11.8 Å². The van der Waals surface area contributed by atoms with Crippen molar-refractivity contribution in [3.8, 4) is 0 Å². The normalized spacial score (nSPS) is 10.9. The van der Waals surface area contributed by atoms with Crippen LogP contribution in [-0.2, 0) is 14.3 Å². The van der Waals surface area contributed by atoms with Crippen molar-refractivity contribution >= 4 is 29.3 Å². The van der Waals surface area contributed by atoms with Crippen LogP contribution in [0.1, 0.15) is 30.0 Å². The number of carbonyl (C=O) groups excluding carboxylic acids is 3. The molecule has 0 saturated carbocycles. The molecule has 0 atom stereocenters. The average Bonchev–Trinajstić information content (AvgIpc) is 2.99. The molecule has 2 N–H and O–H groups in total. The van der Waals surface area contributed by atoms with E-state index in [1.807, 2.05) is 0 Å². The molecule has 0 spiro atoms. The van der Waals surface area contributed by atoms with Gasteiger partial charge in [-0.15, -0.1) is 0 Å². The van der Waals surface area contributed by atoms with E-state index in [9.17, 15) is 14.4 Å². The van der Waals surface area contributed by atoms with Crippen LogP contribution in [0.25, 0.3) is 0 Å². The fourth-order valence-electron chi connectivity index (χ4n) is 1.90. The average molecular weight is 345 g/mol. The van der Waals surface area contributed by atoms with E-state index in [0.29, 0.717) is 17.0 Å². The second kappa shape index (κ2) is 7.16. The predicted octanol–water partition coefficient (Wildman–Crippen LogP) is 2.37. The Hall–Kier alpha value is -3.16. The number of ether oxygens (including phenoxy) is 1. The van der Waals surface area contributed by atoms with E-state index in [1.54, 1.807) is 25.1 Å². The summed E-state index contributed by atoms with van der Waals surface area (Å²) in [5.74, 6) is -0.713. The summed E-state index contributed by atoms with van der Waals surface area (Å²) in [6.07, 6.45) is 0. The first-order valence-corrected chi connectivity index (χ1v) is 7.48. The Balaban J connectivity index is 2.04. The molecule has 132 valence electrons. The maximum atomic E-state index is 12.4. The number of hydrogen-bond acceptors (Lipinski definition) is 6.